The van der Waals surface area contributed by atoms with Crippen LogP contribution in [0.4, 0.5) is 5.13 Å². The number of nitrogens with zero attached hydrogens (tertiary/aromatic N) is 2. The molecule has 0 saturated carbocycles. The minimum absolute atomic E-state index is 0.206. The Hall–Kier alpha value is -3.77. The summed E-state index contributed by atoms with van der Waals surface area (Å²) in [5.74, 6) is 0.566. The van der Waals surface area contributed by atoms with E-state index in [1.807, 2.05) is 78.9 Å². The van der Waals surface area contributed by atoms with Gasteiger partial charge in [0, 0.05) is 10.9 Å². The van der Waals surface area contributed by atoms with Crippen molar-refractivity contribution >= 4 is 43.5 Å². The maximum atomic E-state index is 13.2. The second-order valence-corrected chi connectivity index (χ2v) is 7.77. The van der Waals surface area contributed by atoms with Gasteiger partial charge in [-0.15, -0.1) is 0 Å². The maximum absolute atomic E-state index is 13.2. The molecule has 5 aromatic rings. The van der Waals surface area contributed by atoms with Crippen molar-refractivity contribution in [3.05, 3.63) is 84.4 Å². The first-order chi connectivity index (χ1) is 14.7. The van der Waals surface area contributed by atoms with E-state index in [2.05, 4.69) is 10.3 Å². The van der Waals surface area contributed by atoms with E-state index in [9.17, 15) is 4.79 Å². The number of hydrogen-bond donors (Lipinski definition) is 1. The van der Waals surface area contributed by atoms with Crippen LogP contribution in [-0.2, 0) is 0 Å². The number of para-hydroxylation sites is 2. The van der Waals surface area contributed by atoms with Crippen LogP contribution in [0.15, 0.2) is 78.9 Å². The van der Waals surface area contributed by atoms with E-state index in [1.54, 1.807) is 7.11 Å². The van der Waals surface area contributed by atoms with Crippen LogP contribution in [0.25, 0.3) is 32.4 Å². The van der Waals surface area contributed by atoms with Crippen LogP contribution in [0.1, 0.15) is 10.4 Å². The molecule has 0 unspecified atom stereocenters. The maximum Gasteiger partial charge on any atom is 0.258 e. The second-order valence-electron chi connectivity index (χ2n) is 6.74. The molecule has 0 spiro atoms. The van der Waals surface area contributed by atoms with Gasteiger partial charge in [0.1, 0.15) is 5.75 Å². The number of amides is 1. The van der Waals surface area contributed by atoms with Crippen LogP contribution in [-0.4, -0.2) is 23.0 Å². The fraction of sp³-hybridized carbons (Fsp3) is 0.0417. The summed E-state index contributed by atoms with van der Waals surface area (Å²) < 4.78 is 6.27. The molecule has 5 nitrogen and oxygen atoms in total. The van der Waals surface area contributed by atoms with E-state index < -0.39 is 0 Å². The highest BCUT2D eigenvalue weighted by molar-refractivity contribution is 7.22. The number of rotatable bonds is 4. The highest BCUT2D eigenvalue weighted by Gasteiger charge is 2.16. The third kappa shape index (κ3) is 3.38. The summed E-state index contributed by atoms with van der Waals surface area (Å²) in [6, 6.07) is 24.9. The van der Waals surface area contributed by atoms with Crippen LogP contribution in [0, 0.1) is 0 Å². The standard InChI is InChI=1S/C24H17N3O2S/c1-29-16-12-10-15(11-13-16)21-14-18(17-6-2-3-7-19(17)25-21)23(28)27-24-26-20-8-4-5-9-22(20)30-24/h2-14H,1H3,(H,26,27,28). The van der Waals surface area contributed by atoms with Crippen molar-refractivity contribution in [3.8, 4) is 17.0 Å². The molecule has 0 radical (unpaired) electrons. The zero-order valence-corrected chi connectivity index (χ0v) is 16.9. The number of aromatic nitrogens is 2. The van der Waals surface area contributed by atoms with Gasteiger partial charge in [-0.05, 0) is 48.5 Å². The van der Waals surface area contributed by atoms with Crippen LogP contribution in [0.3, 0.4) is 0 Å². The molecule has 0 aliphatic carbocycles. The monoisotopic (exact) mass is 411 g/mol. The van der Waals surface area contributed by atoms with Crippen molar-refractivity contribution in [1.29, 1.82) is 0 Å². The van der Waals surface area contributed by atoms with Gasteiger partial charge >= 0.3 is 0 Å². The Morgan fingerprint density at radius 3 is 2.40 bits per heavy atom. The summed E-state index contributed by atoms with van der Waals surface area (Å²) in [6.45, 7) is 0. The van der Waals surface area contributed by atoms with Crippen molar-refractivity contribution in [2.75, 3.05) is 12.4 Å². The van der Waals surface area contributed by atoms with Gasteiger partial charge in [0.25, 0.3) is 5.91 Å². The number of ether oxygens (including phenoxy) is 1. The fourth-order valence-electron chi connectivity index (χ4n) is 3.36. The van der Waals surface area contributed by atoms with Gasteiger partial charge in [-0.3, -0.25) is 10.1 Å². The predicted molar refractivity (Wildman–Crippen MR) is 121 cm³/mol. The first-order valence-corrected chi connectivity index (χ1v) is 10.2. The number of hydrogen-bond acceptors (Lipinski definition) is 5. The molecule has 146 valence electrons. The molecule has 0 aliphatic rings. The summed E-state index contributed by atoms with van der Waals surface area (Å²) in [5, 5.41) is 4.33. The fourth-order valence-corrected chi connectivity index (χ4v) is 4.22. The molecule has 0 fully saturated rings. The van der Waals surface area contributed by atoms with Gasteiger partial charge in [-0.2, -0.15) is 0 Å². The van der Waals surface area contributed by atoms with E-state index in [1.165, 1.54) is 11.3 Å². The van der Waals surface area contributed by atoms with Crippen molar-refractivity contribution in [3.63, 3.8) is 0 Å². The number of fused-ring (bicyclic) bond motifs is 2. The number of anilines is 1. The van der Waals surface area contributed by atoms with Gasteiger partial charge in [-0.1, -0.05) is 41.7 Å². The first-order valence-electron chi connectivity index (χ1n) is 9.42. The molecule has 0 aliphatic heterocycles. The first kappa shape index (κ1) is 18.3. The number of benzene rings is 3. The zero-order chi connectivity index (χ0) is 20.5. The molecule has 2 aromatic heterocycles. The van der Waals surface area contributed by atoms with Gasteiger partial charge in [0.15, 0.2) is 5.13 Å². The average molecular weight is 411 g/mol. The summed E-state index contributed by atoms with van der Waals surface area (Å²) in [5.41, 5.74) is 3.84. The molecule has 0 saturated heterocycles. The molecule has 3 aromatic carbocycles. The summed E-state index contributed by atoms with van der Waals surface area (Å²) in [4.78, 5) is 22.5. The van der Waals surface area contributed by atoms with Crippen LogP contribution in [0.2, 0.25) is 0 Å². The number of carbonyl (C=O) groups is 1. The molecule has 0 atom stereocenters. The van der Waals surface area contributed by atoms with E-state index >= 15 is 0 Å². The molecular formula is C24H17N3O2S. The lowest BCUT2D eigenvalue weighted by molar-refractivity contribution is 0.102. The highest BCUT2D eigenvalue weighted by Crippen LogP contribution is 2.29. The normalized spacial score (nSPS) is 11.0. The Morgan fingerprint density at radius 2 is 1.63 bits per heavy atom. The SMILES string of the molecule is COc1ccc(-c2cc(C(=O)Nc3nc4ccccc4s3)c3ccccc3n2)cc1. The number of methoxy groups -OCH3 is 1. The van der Waals surface area contributed by atoms with E-state index in [0.29, 0.717) is 10.7 Å². The lowest BCUT2D eigenvalue weighted by atomic mass is 10.0. The summed E-state index contributed by atoms with van der Waals surface area (Å²) >= 11 is 1.46. The van der Waals surface area contributed by atoms with Crippen LogP contribution < -0.4 is 10.1 Å². The Labute approximate surface area is 177 Å². The molecule has 6 heteroatoms. The highest BCUT2D eigenvalue weighted by atomic mass is 32.1. The third-order valence-electron chi connectivity index (χ3n) is 4.86. The predicted octanol–water partition coefficient (Wildman–Crippen LogP) is 5.77. The summed E-state index contributed by atoms with van der Waals surface area (Å²) in [6.07, 6.45) is 0. The topological polar surface area (TPSA) is 64.1 Å². The molecular weight excluding hydrogens is 394 g/mol. The van der Waals surface area contributed by atoms with E-state index in [4.69, 9.17) is 9.72 Å². The number of nitrogens with one attached hydrogen (secondary N) is 1. The third-order valence-corrected chi connectivity index (χ3v) is 5.81. The smallest absolute Gasteiger partial charge is 0.258 e. The molecule has 1 amide bonds. The number of carbonyl (C=O) groups excluding carboxylic acids is 1. The Balaban J connectivity index is 1.56. The minimum atomic E-state index is -0.206. The molecule has 2 heterocycles. The Morgan fingerprint density at radius 1 is 0.900 bits per heavy atom. The van der Waals surface area contributed by atoms with Crippen molar-refractivity contribution in [2.24, 2.45) is 0 Å². The molecule has 0 bridgehead atoms. The Bertz CT molecular complexity index is 1340. The van der Waals surface area contributed by atoms with Crippen LogP contribution in [0.5, 0.6) is 5.75 Å². The average Bonchev–Trinajstić information content (AvgIpc) is 3.20. The summed E-state index contributed by atoms with van der Waals surface area (Å²) in [7, 11) is 1.63. The van der Waals surface area contributed by atoms with Gasteiger partial charge in [-0.25, -0.2) is 9.97 Å². The van der Waals surface area contributed by atoms with Gasteiger partial charge in [0.05, 0.1) is 34.1 Å². The minimum Gasteiger partial charge on any atom is -0.497 e. The van der Waals surface area contributed by atoms with Crippen molar-refractivity contribution < 1.29 is 9.53 Å². The molecule has 5 rings (SSSR count). The van der Waals surface area contributed by atoms with Crippen molar-refractivity contribution in [1.82, 2.24) is 9.97 Å². The molecule has 30 heavy (non-hydrogen) atoms. The van der Waals surface area contributed by atoms with Crippen molar-refractivity contribution in [2.45, 2.75) is 0 Å². The largest absolute Gasteiger partial charge is 0.497 e. The Kier molecular flexibility index (Phi) is 4.61. The number of pyridine rings is 1. The number of thiazole rings is 1. The molecule has 1 N–H and O–H groups in total. The zero-order valence-electron chi connectivity index (χ0n) is 16.1. The van der Waals surface area contributed by atoms with E-state index in [-0.39, 0.29) is 5.91 Å². The van der Waals surface area contributed by atoms with Gasteiger partial charge in [0.2, 0.25) is 0 Å². The lowest BCUT2D eigenvalue weighted by Crippen LogP contribution is -2.13. The quantitative estimate of drug-likeness (QED) is 0.408. The second kappa shape index (κ2) is 7.57. The van der Waals surface area contributed by atoms with Crippen LogP contribution >= 0.6 is 11.3 Å². The lowest BCUT2D eigenvalue weighted by Gasteiger charge is -2.10. The van der Waals surface area contributed by atoms with E-state index in [0.717, 1.165) is 38.1 Å². The van der Waals surface area contributed by atoms with Gasteiger partial charge < -0.3 is 4.74 Å².